The van der Waals surface area contributed by atoms with E-state index >= 15 is 0 Å². The SMILES string of the molecule is Cc1cc(F)c(N2CCN(C[C@@H](C)N3C(=O)CC4(CCCC4)CC3=O)CC2)cc1F. The molecule has 30 heavy (non-hydrogen) atoms. The number of rotatable bonds is 4. The maximum atomic E-state index is 14.3. The first-order valence-corrected chi connectivity index (χ1v) is 11.1. The van der Waals surface area contributed by atoms with Gasteiger partial charge in [0.2, 0.25) is 11.8 Å². The molecule has 1 aromatic carbocycles. The van der Waals surface area contributed by atoms with Gasteiger partial charge in [0.15, 0.2) is 0 Å². The van der Waals surface area contributed by atoms with Gasteiger partial charge in [-0.3, -0.25) is 19.4 Å². The van der Waals surface area contributed by atoms with E-state index in [4.69, 9.17) is 0 Å². The molecule has 1 spiro atoms. The van der Waals surface area contributed by atoms with Gasteiger partial charge in [0, 0.05) is 57.7 Å². The number of piperazine rings is 1. The van der Waals surface area contributed by atoms with Crippen molar-refractivity contribution in [3.63, 3.8) is 0 Å². The number of aryl methyl sites for hydroxylation is 1. The van der Waals surface area contributed by atoms with E-state index in [1.165, 1.54) is 17.0 Å². The number of likely N-dealkylation sites (tertiary alicyclic amines) is 1. The van der Waals surface area contributed by atoms with E-state index in [9.17, 15) is 18.4 Å². The van der Waals surface area contributed by atoms with Crippen LogP contribution >= 0.6 is 0 Å². The average Bonchev–Trinajstić information content (AvgIpc) is 3.12. The topological polar surface area (TPSA) is 43.9 Å². The van der Waals surface area contributed by atoms with Crippen molar-refractivity contribution in [2.45, 2.75) is 58.4 Å². The molecule has 0 aromatic heterocycles. The zero-order valence-corrected chi connectivity index (χ0v) is 17.9. The van der Waals surface area contributed by atoms with Crippen LogP contribution in [0.1, 0.15) is 51.0 Å². The molecule has 3 fully saturated rings. The van der Waals surface area contributed by atoms with E-state index in [1.807, 2.05) is 11.8 Å². The Labute approximate surface area is 177 Å². The molecule has 2 heterocycles. The van der Waals surface area contributed by atoms with Gasteiger partial charge in [0.25, 0.3) is 0 Å². The van der Waals surface area contributed by atoms with E-state index < -0.39 is 11.6 Å². The number of imide groups is 1. The zero-order valence-electron chi connectivity index (χ0n) is 17.9. The second-order valence-electron chi connectivity index (χ2n) is 9.41. The lowest BCUT2D eigenvalue weighted by molar-refractivity contribution is -0.156. The maximum Gasteiger partial charge on any atom is 0.230 e. The maximum absolute atomic E-state index is 14.3. The lowest BCUT2D eigenvalue weighted by Crippen LogP contribution is -2.56. The van der Waals surface area contributed by atoms with Gasteiger partial charge in [-0.25, -0.2) is 8.78 Å². The summed E-state index contributed by atoms with van der Waals surface area (Å²) in [6.45, 7) is 6.62. The highest BCUT2D eigenvalue weighted by molar-refractivity contribution is 5.99. The normalized spacial score (nSPS) is 23.5. The number of amides is 2. The number of carbonyl (C=O) groups excluding carboxylic acids is 2. The second kappa shape index (κ2) is 8.25. The molecule has 3 aliphatic rings. The van der Waals surface area contributed by atoms with Crippen LogP contribution in [0.25, 0.3) is 0 Å². The first kappa shape index (κ1) is 21.2. The standard InChI is InChI=1S/C23H31F2N3O2/c1-16-11-19(25)20(12-18(16)24)27-9-7-26(8-10-27)15-17(2)28-21(29)13-23(14-22(28)30)5-3-4-6-23/h11-12,17H,3-10,13-15H2,1-2H3/t17-/m1/s1. The summed E-state index contributed by atoms with van der Waals surface area (Å²) in [5, 5.41) is 0. The van der Waals surface area contributed by atoms with Crippen molar-refractivity contribution in [2.24, 2.45) is 5.41 Å². The zero-order chi connectivity index (χ0) is 21.5. The van der Waals surface area contributed by atoms with Gasteiger partial charge in [-0.05, 0) is 43.7 Å². The Hall–Kier alpha value is -2.02. The summed E-state index contributed by atoms with van der Waals surface area (Å²) < 4.78 is 28.2. The van der Waals surface area contributed by atoms with E-state index in [0.29, 0.717) is 56.8 Å². The highest BCUT2D eigenvalue weighted by atomic mass is 19.1. The molecule has 7 heteroatoms. The van der Waals surface area contributed by atoms with Crippen LogP contribution in [0, 0.1) is 24.0 Å². The molecule has 2 amide bonds. The van der Waals surface area contributed by atoms with Crippen molar-refractivity contribution in [3.05, 3.63) is 29.3 Å². The predicted octanol–water partition coefficient (Wildman–Crippen LogP) is 3.49. The minimum Gasteiger partial charge on any atom is -0.367 e. The van der Waals surface area contributed by atoms with E-state index in [2.05, 4.69) is 4.90 Å². The minimum absolute atomic E-state index is 0.0310. The fraction of sp³-hybridized carbons (Fsp3) is 0.652. The number of halogens is 2. The Kier molecular flexibility index (Phi) is 5.84. The van der Waals surface area contributed by atoms with Gasteiger partial charge in [-0.2, -0.15) is 0 Å². The summed E-state index contributed by atoms with van der Waals surface area (Å²) in [5.74, 6) is -0.862. The predicted molar refractivity (Wildman–Crippen MR) is 111 cm³/mol. The van der Waals surface area contributed by atoms with Crippen molar-refractivity contribution >= 4 is 17.5 Å². The lowest BCUT2D eigenvalue weighted by atomic mass is 9.76. The number of carbonyl (C=O) groups is 2. The summed E-state index contributed by atoms with van der Waals surface area (Å²) >= 11 is 0. The fourth-order valence-corrected chi connectivity index (χ4v) is 5.49. The molecule has 0 unspecified atom stereocenters. The Morgan fingerprint density at radius 1 is 0.967 bits per heavy atom. The van der Waals surface area contributed by atoms with E-state index in [0.717, 1.165) is 25.7 Å². The van der Waals surface area contributed by atoms with Crippen LogP contribution in [0.15, 0.2) is 12.1 Å². The van der Waals surface area contributed by atoms with Crippen molar-refractivity contribution in [1.29, 1.82) is 0 Å². The van der Waals surface area contributed by atoms with Crippen LogP contribution < -0.4 is 4.90 Å². The largest absolute Gasteiger partial charge is 0.367 e. The van der Waals surface area contributed by atoms with Crippen LogP contribution in [0.2, 0.25) is 0 Å². The average molecular weight is 420 g/mol. The summed E-state index contributed by atoms with van der Waals surface area (Å²) in [4.78, 5) is 31.1. The van der Waals surface area contributed by atoms with Gasteiger partial charge in [0.1, 0.15) is 11.6 Å². The summed E-state index contributed by atoms with van der Waals surface area (Å²) in [6, 6.07) is 2.33. The molecule has 5 nitrogen and oxygen atoms in total. The van der Waals surface area contributed by atoms with Gasteiger partial charge < -0.3 is 4.90 Å². The van der Waals surface area contributed by atoms with Crippen molar-refractivity contribution in [1.82, 2.24) is 9.80 Å². The smallest absolute Gasteiger partial charge is 0.230 e. The summed E-state index contributed by atoms with van der Waals surface area (Å²) in [6.07, 6.45) is 5.21. The van der Waals surface area contributed by atoms with Crippen molar-refractivity contribution in [3.8, 4) is 0 Å². The highest BCUT2D eigenvalue weighted by Gasteiger charge is 2.46. The number of benzene rings is 1. The summed E-state index contributed by atoms with van der Waals surface area (Å²) in [7, 11) is 0. The van der Waals surface area contributed by atoms with E-state index in [1.54, 1.807) is 6.92 Å². The molecule has 4 rings (SSSR count). The van der Waals surface area contributed by atoms with Crippen LogP contribution in [-0.2, 0) is 9.59 Å². The Balaban J connectivity index is 1.33. The second-order valence-corrected chi connectivity index (χ2v) is 9.41. The van der Waals surface area contributed by atoms with Gasteiger partial charge >= 0.3 is 0 Å². The van der Waals surface area contributed by atoms with Gasteiger partial charge in [-0.15, -0.1) is 0 Å². The summed E-state index contributed by atoms with van der Waals surface area (Å²) in [5.41, 5.74) is 0.525. The van der Waals surface area contributed by atoms with Crippen LogP contribution in [0.3, 0.4) is 0 Å². The quantitative estimate of drug-likeness (QED) is 0.701. The number of piperidine rings is 1. The fourth-order valence-electron chi connectivity index (χ4n) is 5.49. The number of hydrogen-bond acceptors (Lipinski definition) is 4. The van der Waals surface area contributed by atoms with Crippen LogP contribution in [0.4, 0.5) is 14.5 Å². The molecule has 164 valence electrons. The third-order valence-corrected chi connectivity index (χ3v) is 7.16. The van der Waals surface area contributed by atoms with Gasteiger partial charge in [0.05, 0.1) is 5.69 Å². The van der Waals surface area contributed by atoms with Crippen molar-refractivity contribution < 1.29 is 18.4 Å². The Morgan fingerprint density at radius 3 is 2.17 bits per heavy atom. The van der Waals surface area contributed by atoms with Crippen LogP contribution in [-0.4, -0.2) is 60.4 Å². The third kappa shape index (κ3) is 4.09. The first-order valence-electron chi connectivity index (χ1n) is 11.1. The monoisotopic (exact) mass is 419 g/mol. The molecule has 1 atom stereocenters. The molecule has 2 aliphatic heterocycles. The van der Waals surface area contributed by atoms with Crippen LogP contribution in [0.5, 0.6) is 0 Å². The molecule has 1 saturated carbocycles. The molecule has 1 aliphatic carbocycles. The minimum atomic E-state index is -0.402. The molecular weight excluding hydrogens is 388 g/mol. The molecule has 1 aromatic rings. The number of anilines is 1. The molecule has 2 saturated heterocycles. The van der Waals surface area contributed by atoms with Gasteiger partial charge in [-0.1, -0.05) is 12.8 Å². The lowest BCUT2D eigenvalue weighted by Gasteiger charge is -2.42. The first-order chi connectivity index (χ1) is 14.3. The molecule has 0 N–H and O–H groups in total. The van der Waals surface area contributed by atoms with Crippen molar-refractivity contribution in [2.75, 3.05) is 37.6 Å². The number of nitrogens with zero attached hydrogens (tertiary/aromatic N) is 3. The van der Waals surface area contributed by atoms with E-state index in [-0.39, 0.29) is 23.3 Å². The molecule has 0 radical (unpaired) electrons. The molecular formula is C23H31F2N3O2. The molecule has 0 bridgehead atoms. The third-order valence-electron chi connectivity index (χ3n) is 7.16. The Morgan fingerprint density at radius 2 is 1.57 bits per heavy atom. The highest BCUT2D eigenvalue weighted by Crippen LogP contribution is 2.47. The number of hydrogen-bond donors (Lipinski definition) is 0. The Bertz CT molecular complexity index is 810.